The van der Waals surface area contributed by atoms with E-state index in [9.17, 15) is 4.79 Å². The monoisotopic (exact) mass is 144 g/mol. The van der Waals surface area contributed by atoms with Gasteiger partial charge >= 0.3 is 5.97 Å². The first-order valence-corrected chi connectivity index (χ1v) is 3.75. The highest BCUT2D eigenvalue weighted by molar-refractivity contribution is 7.40. The van der Waals surface area contributed by atoms with Crippen molar-refractivity contribution in [1.29, 1.82) is 0 Å². The van der Waals surface area contributed by atoms with Crippen molar-refractivity contribution in [2.24, 2.45) is 0 Å². The van der Waals surface area contributed by atoms with Crippen molar-refractivity contribution in [3.8, 4) is 0 Å². The summed E-state index contributed by atoms with van der Waals surface area (Å²) in [6.07, 6.45) is 4.87. The molecule has 0 N–H and O–H groups in total. The molecule has 3 heteroatoms. The number of hydrogen-bond acceptors (Lipinski definition) is 2. The first-order valence-electron chi connectivity index (χ1n) is 2.60. The molecule has 0 amide bonds. The second-order valence-corrected chi connectivity index (χ2v) is 1.91. The van der Waals surface area contributed by atoms with Crippen LogP contribution in [0.4, 0.5) is 0 Å². The molecule has 0 aliphatic rings. The largest absolute Gasteiger partial charge is 0.463 e. The molecule has 0 fully saturated rings. The summed E-state index contributed by atoms with van der Waals surface area (Å²) in [6, 6.07) is 0. The lowest BCUT2D eigenvalue weighted by Gasteiger charge is -1.91. The molecule has 0 atom stereocenters. The zero-order valence-corrected chi connectivity index (χ0v) is 6.23. The van der Waals surface area contributed by atoms with Gasteiger partial charge in [-0.05, 0) is 12.7 Å². The van der Waals surface area contributed by atoms with Crippen LogP contribution in [-0.4, -0.2) is 18.9 Å². The molecule has 0 unspecified atom stereocenters. The van der Waals surface area contributed by atoms with E-state index in [-0.39, 0.29) is 5.97 Å². The fourth-order valence-electron chi connectivity index (χ4n) is 0.304. The lowest BCUT2D eigenvalue weighted by atomic mass is 10.6. The van der Waals surface area contributed by atoms with E-state index < -0.39 is 0 Å². The van der Waals surface area contributed by atoms with E-state index in [1.54, 1.807) is 12.7 Å². The van der Waals surface area contributed by atoms with Gasteiger partial charge in [-0.15, -0.1) is 0 Å². The number of esters is 1. The van der Waals surface area contributed by atoms with Crippen LogP contribution in [0.5, 0.6) is 0 Å². The van der Waals surface area contributed by atoms with Crippen molar-refractivity contribution in [3.63, 3.8) is 0 Å². The highest BCUT2D eigenvalue weighted by Gasteiger charge is 1.89. The Morgan fingerprint density at radius 3 is 3.00 bits per heavy atom. The number of hydrogen-bond donors (Lipinski definition) is 0. The smallest absolute Gasteiger partial charge is 0.331 e. The van der Waals surface area contributed by atoms with Gasteiger partial charge in [-0.3, -0.25) is 0 Å². The number of carbonyl (C=O) groups is 1. The number of carbonyl (C=O) groups excluding carboxylic acids is 1. The Morgan fingerprint density at radius 1 is 1.89 bits per heavy atom. The maximum Gasteiger partial charge on any atom is 0.331 e. The molecule has 0 spiro atoms. The molecule has 0 heterocycles. The molecule has 50 valence electrons. The minimum Gasteiger partial charge on any atom is -0.463 e. The van der Waals surface area contributed by atoms with Crippen molar-refractivity contribution < 1.29 is 9.53 Å². The van der Waals surface area contributed by atoms with Crippen LogP contribution in [0.3, 0.4) is 0 Å². The van der Waals surface area contributed by atoms with E-state index in [2.05, 4.69) is 11.0 Å². The molecule has 0 bridgehead atoms. The first-order chi connectivity index (χ1) is 4.31. The molecule has 0 saturated carbocycles. The molecule has 0 rings (SSSR count). The Balaban J connectivity index is 3.49. The van der Waals surface area contributed by atoms with E-state index in [0.29, 0.717) is 6.61 Å². The van der Waals surface area contributed by atoms with E-state index in [4.69, 9.17) is 0 Å². The van der Waals surface area contributed by atoms with Crippen molar-refractivity contribution in [2.75, 3.05) is 6.61 Å². The first kappa shape index (κ1) is 8.38. The standard InChI is InChI=1S/C6H9O2P/c1-3-8-6(7)4-5-9-2/h4-5H,2-3H2,1H3. The van der Waals surface area contributed by atoms with Crippen LogP contribution in [-0.2, 0) is 9.53 Å². The molecule has 0 radical (unpaired) electrons. The van der Waals surface area contributed by atoms with Gasteiger partial charge < -0.3 is 4.74 Å². The van der Waals surface area contributed by atoms with Gasteiger partial charge in [0.2, 0.25) is 0 Å². The van der Waals surface area contributed by atoms with E-state index in [1.165, 1.54) is 6.08 Å². The van der Waals surface area contributed by atoms with Crippen LogP contribution in [0.1, 0.15) is 6.92 Å². The molecule has 9 heavy (non-hydrogen) atoms. The van der Waals surface area contributed by atoms with Crippen LogP contribution in [0.2, 0.25) is 0 Å². The molecule has 0 saturated heterocycles. The third kappa shape index (κ3) is 5.25. The van der Waals surface area contributed by atoms with Gasteiger partial charge in [0.1, 0.15) is 0 Å². The lowest BCUT2D eigenvalue weighted by molar-refractivity contribution is -0.137. The molecule has 0 aromatic heterocycles. The predicted octanol–water partition coefficient (Wildman–Crippen LogP) is 1.44. The quantitative estimate of drug-likeness (QED) is 0.340. The highest BCUT2D eigenvalue weighted by atomic mass is 31.1. The zero-order valence-electron chi connectivity index (χ0n) is 5.33. The topological polar surface area (TPSA) is 26.3 Å². The Morgan fingerprint density at radius 2 is 2.56 bits per heavy atom. The molecule has 0 aromatic carbocycles. The summed E-state index contributed by atoms with van der Waals surface area (Å²) in [5, 5.41) is 0. The highest BCUT2D eigenvalue weighted by Crippen LogP contribution is 1.92. The summed E-state index contributed by atoms with van der Waals surface area (Å²) in [7, 11) is 0.824. The van der Waals surface area contributed by atoms with Gasteiger partial charge in [-0.25, -0.2) is 4.79 Å². The maximum absolute atomic E-state index is 10.5. The van der Waals surface area contributed by atoms with E-state index in [1.807, 2.05) is 0 Å². The summed E-state index contributed by atoms with van der Waals surface area (Å²) in [6.45, 7) is 2.20. The summed E-state index contributed by atoms with van der Waals surface area (Å²) >= 11 is 0. The molecule has 2 nitrogen and oxygen atoms in total. The minimum atomic E-state index is -0.298. The Hall–Kier alpha value is -0.620. The maximum atomic E-state index is 10.5. The van der Waals surface area contributed by atoms with E-state index >= 15 is 0 Å². The van der Waals surface area contributed by atoms with Gasteiger partial charge in [0.15, 0.2) is 0 Å². The normalized spacial score (nSPS) is 10.3. The fraction of sp³-hybridized carbons (Fsp3) is 0.333. The van der Waals surface area contributed by atoms with Gasteiger partial charge in [-0.2, -0.15) is 0 Å². The number of rotatable bonds is 3. The SMILES string of the molecule is C=PC=CC(=O)OCC. The molecule has 0 aliphatic heterocycles. The van der Waals surface area contributed by atoms with Gasteiger partial charge in [-0.1, -0.05) is 14.5 Å². The van der Waals surface area contributed by atoms with E-state index in [0.717, 1.165) is 8.20 Å². The average molecular weight is 144 g/mol. The molecule has 0 aliphatic carbocycles. The second kappa shape index (κ2) is 5.52. The van der Waals surface area contributed by atoms with Crippen LogP contribution in [0, 0.1) is 0 Å². The molecular formula is C6H9O2P. The Kier molecular flexibility index (Phi) is 5.14. The fourth-order valence-corrected chi connectivity index (χ4v) is 0.531. The van der Waals surface area contributed by atoms with Crippen molar-refractivity contribution in [1.82, 2.24) is 0 Å². The lowest BCUT2D eigenvalue weighted by Crippen LogP contribution is -1.97. The predicted molar refractivity (Wildman–Crippen MR) is 39.8 cm³/mol. The molecular weight excluding hydrogens is 135 g/mol. The van der Waals surface area contributed by atoms with Crippen LogP contribution < -0.4 is 0 Å². The van der Waals surface area contributed by atoms with Crippen molar-refractivity contribution >= 4 is 20.5 Å². The summed E-state index contributed by atoms with van der Waals surface area (Å²) in [4.78, 5) is 10.5. The van der Waals surface area contributed by atoms with Gasteiger partial charge in [0.25, 0.3) is 0 Å². The summed E-state index contributed by atoms with van der Waals surface area (Å²) in [5.41, 5.74) is 0. The minimum absolute atomic E-state index is 0.298. The third-order valence-corrected chi connectivity index (χ3v) is 0.963. The van der Waals surface area contributed by atoms with Crippen molar-refractivity contribution in [2.45, 2.75) is 6.92 Å². The summed E-state index contributed by atoms with van der Waals surface area (Å²) < 4.78 is 4.59. The Labute approximate surface area is 56.3 Å². The van der Waals surface area contributed by atoms with Crippen LogP contribution >= 0.6 is 8.20 Å². The average Bonchev–Trinajstić information content (AvgIpc) is 1.85. The van der Waals surface area contributed by atoms with Gasteiger partial charge in [0.05, 0.1) is 6.61 Å². The third-order valence-electron chi connectivity index (χ3n) is 0.603. The Bertz CT molecular complexity index is 129. The zero-order chi connectivity index (χ0) is 7.11. The van der Waals surface area contributed by atoms with Crippen LogP contribution in [0.25, 0.3) is 0 Å². The number of ether oxygens (including phenoxy) is 1. The second-order valence-electron chi connectivity index (χ2n) is 1.25. The van der Waals surface area contributed by atoms with Crippen molar-refractivity contribution in [3.05, 3.63) is 11.9 Å². The van der Waals surface area contributed by atoms with Gasteiger partial charge in [0, 0.05) is 6.08 Å². The summed E-state index contributed by atoms with van der Waals surface area (Å²) in [5.74, 6) is 1.34. The van der Waals surface area contributed by atoms with Crippen LogP contribution in [0.15, 0.2) is 11.9 Å². The molecule has 0 aromatic rings.